The average molecular weight is 466 g/mol. The maximum Gasteiger partial charge on any atom is 0.274 e. The number of amides is 1. The van der Waals surface area contributed by atoms with E-state index in [4.69, 9.17) is 11.5 Å². The van der Waals surface area contributed by atoms with Crippen molar-refractivity contribution in [2.75, 3.05) is 12.4 Å². The molecule has 0 saturated carbocycles. The number of aromatic nitrogens is 5. The van der Waals surface area contributed by atoms with Gasteiger partial charge in [-0.2, -0.15) is 5.10 Å². The summed E-state index contributed by atoms with van der Waals surface area (Å²) >= 11 is 0. The lowest BCUT2D eigenvalue weighted by atomic mass is 10.1. The zero-order valence-electron chi connectivity index (χ0n) is 18.9. The Morgan fingerprint density at radius 1 is 1.06 bits per heavy atom. The third-order valence-electron chi connectivity index (χ3n) is 5.61. The summed E-state index contributed by atoms with van der Waals surface area (Å²) in [6, 6.07) is 15.3. The molecule has 0 atom stereocenters. The smallest absolute Gasteiger partial charge is 0.274 e. The van der Waals surface area contributed by atoms with Crippen LogP contribution in [0.2, 0.25) is 0 Å². The number of nitrogens with one attached hydrogen (secondary N) is 3. The Bertz CT molecular complexity index is 1600. The molecule has 10 heteroatoms. The largest absolute Gasteiger partial charge is 0.405 e. The Morgan fingerprint density at radius 2 is 1.94 bits per heavy atom. The second-order valence-electron chi connectivity index (χ2n) is 7.86. The third-order valence-corrected chi connectivity index (χ3v) is 5.61. The minimum absolute atomic E-state index is 0.241. The van der Waals surface area contributed by atoms with Gasteiger partial charge in [0, 0.05) is 47.0 Å². The van der Waals surface area contributed by atoms with Crippen LogP contribution in [0.25, 0.3) is 33.2 Å². The van der Waals surface area contributed by atoms with E-state index in [0.29, 0.717) is 23.0 Å². The maximum atomic E-state index is 12.9. The summed E-state index contributed by atoms with van der Waals surface area (Å²) in [4.78, 5) is 26.6. The second-order valence-corrected chi connectivity index (χ2v) is 7.86. The highest BCUT2D eigenvalue weighted by atomic mass is 16.2. The molecule has 0 aliphatic rings. The van der Waals surface area contributed by atoms with Crippen molar-refractivity contribution >= 4 is 39.2 Å². The number of hydrogen-bond donors (Lipinski definition) is 5. The van der Waals surface area contributed by atoms with Crippen LogP contribution in [0, 0.1) is 0 Å². The van der Waals surface area contributed by atoms with Crippen molar-refractivity contribution in [1.82, 2.24) is 30.0 Å². The van der Waals surface area contributed by atoms with Crippen LogP contribution >= 0.6 is 0 Å². The number of benzene rings is 2. The zero-order valence-corrected chi connectivity index (χ0v) is 18.9. The molecule has 0 radical (unpaired) electrons. The van der Waals surface area contributed by atoms with E-state index in [1.807, 2.05) is 36.4 Å². The molecule has 3 aromatic heterocycles. The molecule has 0 spiro atoms. The number of rotatable bonds is 6. The van der Waals surface area contributed by atoms with Gasteiger partial charge in [0.25, 0.3) is 5.91 Å². The predicted molar refractivity (Wildman–Crippen MR) is 136 cm³/mol. The van der Waals surface area contributed by atoms with Crippen LogP contribution in [-0.4, -0.2) is 43.0 Å². The molecule has 0 saturated heterocycles. The van der Waals surface area contributed by atoms with Gasteiger partial charge in [0.1, 0.15) is 11.5 Å². The first-order chi connectivity index (χ1) is 17.1. The lowest BCUT2D eigenvalue weighted by Gasteiger charge is -2.16. The van der Waals surface area contributed by atoms with E-state index in [-0.39, 0.29) is 5.91 Å². The van der Waals surface area contributed by atoms with Gasteiger partial charge in [-0.3, -0.25) is 9.89 Å². The fourth-order valence-corrected chi connectivity index (χ4v) is 3.79. The Kier molecular flexibility index (Phi) is 5.60. The first kappa shape index (κ1) is 21.7. The summed E-state index contributed by atoms with van der Waals surface area (Å²) < 4.78 is 0. The van der Waals surface area contributed by atoms with Crippen LogP contribution < -0.4 is 16.8 Å². The molecular formula is C25H23N9O. The van der Waals surface area contributed by atoms with Gasteiger partial charge in [-0.1, -0.05) is 12.1 Å². The summed E-state index contributed by atoms with van der Waals surface area (Å²) in [5.41, 5.74) is 15.4. The van der Waals surface area contributed by atoms with Crippen molar-refractivity contribution in [1.29, 1.82) is 0 Å². The SMILES string of the molecule is CN(C(=O)c1cc2ccc(-c3nccc(Nc4ccc5[nH]ncc5c4)n3)cc2[nH]1)C(/C=C\N)=C/N. The summed E-state index contributed by atoms with van der Waals surface area (Å²) in [6.07, 6.45) is 7.70. The fourth-order valence-electron chi connectivity index (χ4n) is 3.79. The fraction of sp³-hybridized carbons (Fsp3) is 0.0400. The number of nitrogens with zero attached hydrogens (tertiary/aromatic N) is 4. The summed E-state index contributed by atoms with van der Waals surface area (Å²) in [6.45, 7) is 0. The van der Waals surface area contributed by atoms with Crippen molar-refractivity contribution in [3.63, 3.8) is 0 Å². The molecule has 7 N–H and O–H groups in total. The van der Waals surface area contributed by atoms with E-state index in [0.717, 1.165) is 33.1 Å². The standard InChI is InChI=1S/C25H23N9O/c1-34(19(13-27)6-8-26)25(35)22-11-15-2-3-16(12-21(15)31-22)24-28-9-7-23(32-24)30-18-4-5-20-17(10-18)14-29-33-20/h2-14,31H,26-27H2,1H3,(H,29,33)(H,28,30,32)/b8-6-,19-13+. The number of hydrogen-bond acceptors (Lipinski definition) is 7. The molecular weight excluding hydrogens is 442 g/mol. The molecule has 0 fully saturated rings. The zero-order chi connectivity index (χ0) is 24.4. The van der Waals surface area contributed by atoms with E-state index in [9.17, 15) is 4.79 Å². The molecule has 10 nitrogen and oxygen atoms in total. The Morgan fingerprint density at radius 3 is 2.77 bits per heavy atom. The van der Waals surface area contributed by atoms with Crippen LogP contribution in [0.4, 0.5) is 11.5 Å². The summed E-state index contributed by atoms with van der Waals surface area (Å²) in [7, 11) is 1.63. The molecule has 174 valence electrons. The normalized spacial score (nSPS) is 12.0. The number of allylic oxidation sites excluding steroid dienone is 1. The average Bonchev–Trinajstić information content (AvgIpc) is 3.52. The van der Waals surface area contributed by atoms with Crippen molar-refractivity contribution in [3.05, 3.63) is 90.8 Å². The Balaban J connectivity index is 1.40. The van der Waals surface area contributed by atoms with Gasteiger partial charge in [-0.25, -0.2) is 9.97 Å². The highest BCUT2D eigenvalue weighted by Crippen LogP contribution is 2.25. The number of nitrogens with two attached hydrogens (primary N) is 2. The minimum atomic E-state index is -0.241. The molecule has 0 aliphatic heterocycles. The quantitative estimate of drug-likeness (QED) is 0.240. The van der Waals surface area contributed by atoms with E-state index >= 15 is 0 Å². The highest BCUT2D eigenvalue weighted by Gasteiger charge is 2.17. The van der Waals surface area contributed by atoms with Crippen molar-refractivity contribution < 1.29 is 4.79 Å². The molecule has 0 unspecified atom stereocenters. The second kappa shape index (κ2) is 9.02. The predicted octanol–water partition coefficient (Wildman–Crippen LogP) is 3.59. The monoisotopic (exact) mass is 465 g/mol. The lowest BCUT2D eigenvalue weighted by molar-refractivity contribution is 0.0835. The Labute approximate surface area is 200 Å². The van der Waals surface area contributed by atoms with E-state index in [2.05, 4.69) is 30.5 Å². The van der Waals surface area contributed by atoms with E-state index < -0.39 is 0 Å². The molecule has 0 bridgehead atoms. The van der Waals surface area contributed by atoms with Crippen LogP contribution in [0.1, 0.15) is 10.5 Å². The van der Waals surface area contributed by atoms with Gasteiger partial charge in [-0.15, -0.1) is 0 Å². The van der Waals surface area contributed by atoms with E-state index in [1.165, 1.54) is 17.3 Å². The number of fused-ring (bicyclic) bond motifs is 2. The maximum absolute atomic E-state index is 12.9. The summed E-state index contributed by atoms with van der Waals surface area (Å²) in [5, 5.41) is 12.2. The molecule has 5 aromatic rings. The number of likely N-dealkylation sites (N-methyl/N-ethyl adjacent to an activating group) is 1. The lowest BCUT2D eigenvalue weighted by Crippen LogP contribution is -2.26. The van der Waals surface area contributed by atoms with Crippen LogP contribution in [0.3, 0.4) is 0 Å². The number of aromatic amines is 2. The first-order valence-electron chi connectivity index (χ1n) is 10.8. The molecule has 35 heavy (non-hydrogen) atoms. The highest BCUT2D eigenvalue weighted by molar-refractivity contribution is 5.99. The Hall–Kier alpha value is -5.12. The first-order valence-corrected chi connectivity index (χ1v) is 10.8. The van der Waals surface area contributed by atoms with Gasteiger partial charge in [0.15, 0.2) is 5.82 Å². The van der Waals surface area contributed by atoms with Gasteiger partial charge in [-0.05, 0) is 48.7 Å². The van der Waals surface area contributed by atoms with Gasteiger partial charge >= 0.3 is 0 Å². The third kappa shape index (κ3) is 4.27. The number of carbonyl (C=O) groups excluding carboxylic acids is 1. The van der Waals surface area contributed by atoms with Crippen molar-refractivity contribution in [3.8, 4) is 11.4 Å². The molecule has 1 amide bonds. The van der Waals surface area contributed by atoms with Gasteiger partial charge in [0.2, 0.25) is 0 Å². The van der Waals surface area contributed by atoms with Crippen LogP contribution in [0.15, 0.2) is 85.1 Å². The molecule has 3 heterocycles. The van der Waals surface area contributed by atoms with E-state index in [1.54, 1.807) is 37.7 Å². The minimum Gasteiger partial charge on any atom is -0.405 e. The summed E-state index contributed by atoms with van der Waals surface area (Å²) in [5.74, 6) is 0.980. The molecule has 0 aliphatic carbocycles. The van der Waals surface area contributed by atoms with Gasteiger partial charge in [0.05, 0.1) is 17.4 Å². The van der Waals surface area contributed by atoms with Crippen LogP contribution in [-0.2, 0) is 0 Å². The molecule has 5 rings (SSSR count). The van der Waals surface area contributed by atoms with Crippen molar-refractivity contribution in [2.24, 2.45) is 11.5 Å². The number of anilines is 2. The van der Waals surface area contributed by atoms with Gasteiger partial charge < -0.3 is 26.7 Å². The van der Waals surface area contributed by atoms with Crippen LogP contribution in [0.5, 0.6) is 0 Å². The number of H-pyrrole nitrogens is 2. The molecule has 2 aromatic carbocycles. The number of carbonyl (C=O) groups is 1. The van der Waals surface area contributed by atoms with Crippen molar-refractivity contribution in [2.45, 2.75) is 0 Å². The topological polar surface area (TPSA) is 155 Å².